The van der Waals surface area contributed by atoms with Gasteiger partial charge in [-0.15, -0.1) is 0 Å². The number of hydrogen-bond donors (Lipinski definition) is 6. The molecule has 8 N–H and O–H groups in total. The Hall–Kier alpha value is -6.05. The van der Waals surface area contributed by atoms with Crippen LogP contribution in [0.25, 0.3) is 5.65 Å². The van der Waals surface area contributed by atoms with Gasteiger partial charge in [-0.1, -0.05) is 36.4 Å². The molecule has 3 aromatic carbocycles. The van der Waals surface area contributed by atoms with Crippen LogP contribution in [0.5, 0.6) is 0 Å². The first-order chi connectivity index (χ1) is 20.5. The fraction of sp³-hybridized carbons (Fsp3) is 0.138. The number of aromatic carboxylic acids is 1. The zero-order chi connectivity index (χ0) is 30.8. The molecule has 14 nitrogen and oxygen atoms in total. The van der Waals surface area contributed by atoms with E-state index in [0.29, 0.717) is 5.56 Å². The lowest BCUT2D eigenvalue weighted by molar-refractivity contribution is 0.0696. The second kappa shape index (κ2) is 11.4. The lowest BCUT2D eigenvalue weighted by atomic mass is 10.1. The van der Waals surface area contributed by atoms with Crippen LogP contribution >= 0.6 is 0 Å². The van der Waals surface area contributed by atoms with Gasteiger partial charge in [-0.3, -0.25) is 19.2 Å². The van der Waals surface area contributed by atoms with E-state index in [1.165, 1.54) is 28.9 Å². The van der Waals surface area contributed by atoms with Crippen molar-refractivity contribution in [2.45, 2.75) is 26.1 Å². The summed E-state index contributed by atoms with van der Waals surface area (Å²) in [5, 5.41) is 21.7. The van der Waals surface area contributed by atoms with Crippen molar-refractivity contribution in [3.8, 4) is 0 Å². The summed E-state index contributed by atoms with van der Waals surface area (Å²) in [6.07, 6.45) is 1.32. The molecule has 2 heterocycles. The molecule has 0 aliphatic carbocycles. The molecule has 5 rings (SSSR count). The summed E-state index contributed by atoms with van der Waals surface area (Å²) in [5.74, 6) is -2.17. The zero-order valence-electron chi connectivity index (χ0n) is 22.7. The van der Waals surface area contributed by atoms with Gasteiger partial charge in [-0.05, 0) is 35.7 Å². The largest absolute Gasteiger partial charge is 0.478 e. The summed E-state index contributed by atoms with van der Waals surface area (Å²) in [5.41, 5.74) is 12.8. The van der Waals surface area contributed by atoms with Crippen molar-refractivity contribution in [1.29, 1.82) is 0 Å². The molecular weight excluding hydrogens is 556 g/mol. The number of aromatic nitrogens is 3. The third-order valence-corrected chi connectivity index (χ3v) is 6.83. The van der Waals surface area contributed by atoms with E-state index < -0.39 is 34.7 Å². The van der Waals surface area contributed by atoms with Crippen molar-refractivity contribution in [1.82, 2.24) is 25.2 Å². The van der Waals surface area contributed by atoms with Crippen LogP contribution in [0.3, 0.4) is 0 Å². The van der Waals surface area contributed by atoms with Crippen LogP contribution in [0.15, 0.2) is 70.4 Å². The average Bonchev–Trinajstić information content (AvgIpc) is 3.39. The van der Waals surface area contributed by atoms with Crippen LogP contribution in [-0.4, -0.2) is 37.5 Å². The second-order valence-corrected chi connectivity index (χ2v) is 9.79. The lowest BCUT2D eigenvalue weighted by Gasteiger charge is -2.16. The number of carboxylic acid groups (broad SMARTS) is 1. The van der Waals surface area contributed by atoms with E-state index in [-0.39, 0.29) is 52.8 Å². The number of benzene rings is 2. The van der Waals surface area contributed by atoms with Gasteiger partial charge in [0.2, 0.25) is 0 Å². The van der Waals surface area contributed by atoms with Crippen LogP contribution in [-0.2, 0) is 13.1 Å². The van der Waals surface area contributed by atoms with Gasteiger partial charge in [-0.25, -0.2) is 14.3 Å². The van der Waals surface area contributed by atoms with Gasteiger partial charge in [0.15, 0.2) is 5.65 Å². The Morgan fingerprint density at radius 2 is 1.65 bits per heavy atom. The molecule has 2 amide bonds. The first kappa shape index (κ1) is 28.5. The average molecular weight is 583 g/mol. The topological polar surface area (TPSA) is 224 Å². The Morgan fingerprint density at radius 1 is 0.953 bits per heavy atom. The van der Waals surface area contributed by atoms with Gasteiger partial charge >= 0.3 is 5.97 Å². The van der Waals surface area contributed by atoms with E-state index >= 15 is 0 Å². The molecule has 0 radical (unpaired) electrons. The smallest absolute Gasteiger partial charge is 0.335 e. The maximum atomic E-state index is 13.3. The molecule has 1 atom stereocenters. The van der Waals surface area contributed by atoms with Crippen molar-refractivity contribution in [2.24, 2.45) is 0 Å². The number of carboxylic acids is 1. The molecule has 43 heavy (non-hydrogen) atoms. The Balaban J connectivity index is 1.29. The summed E-state index contributed by atoms with van der Waals surface area (Å²) < 4.78 is 1.24. The molecule has 0 spiro atoms. The van der Waals surface area contributed by atoms with Crippen LogP contribution in [0.4, 0.5) is 17.1 Å². The number of amides is 2. The summed E-state index contributed by atoms with van der Waals surface area (Å²) in [4.78, 5) is 64.8. The van der Waals surface area contributed by atoms with Crippen LogP contribution in [0.2, 0.25) is 0 Å². The molecule has 0 bridgehead atoms. The minimum atomic E-state index is -1.06. The molecule has 0 saturated carbocycles. The van der Waals surface area contributed by atoms with Crippen LogP contribution < -0.4 is 38.3 Å². The standard InChI is InChI=1S/C29H26N8O6/c1-14(17-5-7-18(8-6-17)29(42)43)35-28(41)21-10-20(36-26-19(30)13-34-37(21)26)27(40)33-12-16-4-2-3-15(9-16)11-32-23-22(31)24(38)25(23)39/h2-10,13-14,32H,11-12,30-31H2,1H3,(H,33,40)(H,35,41)(H,42,43)/t14-/m1/s1. The van der Waals surface area contributed by atoms with E-state index in [1.54, 1.807) is 31.2 Å². The van der Waals surface area contributed by atoms with E-state index in [4.69, 9.17) is 16.6 Å². The summed E-state index contributed by atoms with van der Waals surface area (Å²) in [7, 11) is 0. The van der Waals surface area contributed by atoms with Crippen molar-refractivity contribution in [3.05, 3.63) is 115 Å². The second-order valence-electron chi connectivity index (χ2n) is 9.79. The number of rotatable bonds is 10. The Kier molecular flexibility index (Phi) is 7.58. The zero-order valence-corrected chi connectivity index (χ0v) is 22.7. The van der Waals surface area contributed by atoms with E-state index in [1.807, 2.05) is 12.1 Å². The van der Waals surface area contributed by atoms with Crippen molar-refractivity contribution in [3.63, 3.8) is 0 Å². The highest BCUT2D eigenvalue weighted by Crippen LogP contribution is 2.18. The minimum absolute atomic E-state index is 0.0199. The molecule has 5 aromatic rings. The molecular formula is C29H26N8O6. The van der Waals surface area contributed by atoms with Crippen molar-refractivity contribution in [2.75, 3.05) is 16.8 Å². The number of hydrogen-bond acceptors (Lipinski definition) is 10. The normalized spacial score (nSPS) is 11.7. The number of nitrogen functional groups attached to an aromatic ring is 2. The quantitative estimate of drug-likeness (QED) is 0.128. The first-order valence-electron chi connectivity index (χ1n) is 13.0. The summed E-state index contributed by atoms with van der Waals surface area (Å²) in [6.45, 7) is 2.10. The number of carbonyl (C=O) groups is 3. The molecule has 0 saturated heterocycles. The van der Waals surface area contributed by atoms with Crippen LogP contribution in [0, 0.1) is 0 Å². The van der Waals surface area contributed by atoms with Gasteiger partial charge in [0.05, 0.1) is 23.5 Å². The highest BCUT2D eigenvalue weighted by atomic mass is 16.4. The third kappa shape index (κ3) is 5.74. The number of carbonyl (C=O) groups excluding carboxylic acids is 2. The summed E-state index contributed by atoms with van der Waals surface area (Å²) >= 11 is 0. The monoisotopic (exact) mass is 582 g/mol. The predicted molar refractivity (Wildman–Crippen MR) is 157 cm³/mol. The first-order valence-corrected chi connectivity index (χ1v) is 13.0. The fourth-order valence-electron chi connectivity index (χ4n) is 4.42. The maximum absolute atomic E-state index is 13.3. The molecule has 218 valence electrons. The Bertz CT molecular complexity index is 1960. The number of fused-ring (bicyclic) bond motifs is 1. The molecule has 0 aliphatic rings. The SMILES string of the molecule is C[C@@H](NC(=O)c1cc(C(=O)NCc2cccc(CNc3c(N)c(=O)c3=O)c2)nc2c(N)cnn12)c1ccc(C(=O)O)cc1. The van der Waals surface area contributed by atoms with Gasteiger partial charge in [0.1, 0.15) is 22.8 Å². The molecule has 0 unspecified atom stereocenters. The van der Waals surface area contributed by atoms with Gasteiger partial charge in [-0.2, -0.15) is 5.10 Å². The van der Waals surface area contributed by atoms with Gasteiger partial charge < -0.3 is 32.5 Å². The van der Waals surface area contributed by atoms with E-state index in [0.717, 1.165) is 11.1 Å². The Morgan fingerprint density at radius 3 is 2.33 bits per heavy atom. The predicted octanol–water partition coefficient (Wildman–Crippen LogP) is 1.22. The van der Waals surface area contributed by atoms with Gasteiger partial charge in [0.25, 0.3) is 22.7 Å². The highest BCUT2D eigenvalue weighted by molar-refractivity contribution is 5.99. The number of anilines is 3. The van der Waals surface area contributed by atoms with Crippen LogP contribution in [0.1, 0.15) is 61.0 Å². The minimum Gasteiger partial charge on any atom is -0.478 e. The molecule has 2 aromatic heterocycles. The lowest BCUT2D eigenvalue weighted by Crippen LogP contribution is -2.36. The molecule has 0 aliphatic heterocycles. The highest BCUT2D eigenvalue weighted by Gasteiger charge is 2.21. The van der Waals surface area contributed by atoms with E-state index in [9.17, 15) is 24.0 Å². The molecule has 0 fully saturated rings. The maximum Gasteiger partial charge on any atom is 0.335 e. The van der Waals surface area contributed by atoms with Gasteiger partial charge in [0, 0.05) is 19.2 Å². The van der Waals surface area contributed by atoms with Crippen molar-refractivity contribution >= 4 is 40.5 Å². The number of nitrogens with one attached hydrogen (secondary N) is 3. The number of nitrogens with two attached hydrogens (primary N) is 2. The van der Waals surface area contributed by atoms with E-state index in [2.05, 4.69) is 26.0 Å². The Labute approximate surface area is 243 Å². The van der Waals surface area contributed by atoms with Crippen molar-refractivity contribution < 1.29 is 19.5 Å². The summed E-state index contributed by atoms with van der Waals surface area (Å²) in [6, 6.07) is 14.1. The third-order valence-electron chi connectivity index (χ3n) is 6.83. The molecule has 14 heteroatoms. The fourth-order valence-corrected chi connectivity index (χ4v) is 4.42. The number of nitrogens with zero attached hydrogens (tertiary/aromatic N) is 3.